The summed E-state index contributed by atoms with van der Waals surface area (Å²) in [7, 11) is 0. The van der Waals surface area contributed by atoms with Crippen LogP contribution in [0.25, 0.3) is 0 Å². The van der Waals surface area contributed by atoms with Gasteiger partial charge in [-0.15, -0.1) is 12.3 Å². The number of nitrogens with one attached hydrogen (secondary N) is 1. The molecule has 3 N–H and O–H groups in total. The molecule has 2 nitrogen and oxygen atoms in total. The van der Waals surface area contributed by atoms with Crippen molar-refractivity contribution < 1.29 is 0 Å². The molecule has 0 spiro atoms. The Morgan fingerprint density at radius 1 is 1.44 bits per heavy atom. The van der Waals surface area contributed by atoms with Gasteiger partial charge in [0.25, 0.3) is 0 Å². The molecule has 1 aromatic carbocycles. The summed E-state index contributed by atoms with van der Waals surface area (Å²) in [6, 6.07) is 5.40. The first-order chi connectivity index (χ1) is 7.69. The van der Waals surface area contributed by atoms with E-state index in [1.165, 1.54) is 0 Å². The minimum Gasteiger partial charge on any atom is -0.329 e. The molecule has 0 saturated heterocycles. The minimum atomic E-state index is 0.0121. The number of halogens is 2. The van der Waals surface area contributed by atoms with E-state index < -0.39 is 0 Å². The summed E-state index contributed by atoms with van der Waals surface area (Å²) in [5.41, 5.74) is 6.64. The third-order valence-electron chi connectivity index (χ3n) is 2.23. The zero-order chi connectivity index (χ0) is 12.0. The van der Waals surface area contributed by atoms with Crippen molar-refractivity contribution in [3.8, 4) is 12.3 Å². The van der Waals surface area contributed by atoms with Gasteiger partial charge in [-0.3, -0.25) is 0 Å². The lowest BCUT2D eigenvalue weighted by molar-refractivity contribution is 0.551. The molecule has 1 aromatic rings. The van der Waals surface area contributed by atoms with Crippen LogP contribution in [0.2, 0.25) is 10.0 Å². The number of nitrogens with two attached hydrogens (primary N) is 1. The molecular weight excluding hydrogens is 243 g/mol. The molecule has 0 amide bonds. The van der Waals surface area contributed by atoms with E-state index in [0.29, 0.717) is 23.0 Å². The van der Waals surface area contributed by atoms with Gasteiger partial charge in [0, 0.05) is 35.6 Å². The maximum Gasteiger partial charge on any atom is 0.0469 e. The molecule has 1 unspecified atom stereocenters. The Kier molecular flexibility index (Phi) is 5.65. The van der Waals surface area contributed by atoms with Gasteiger partial charge in [0.2, 0.25) is 0 Å². The number of terminal acetylenes is 1. The van der Waals surface area contributed by atoms with Gasteiger partial charge in [-0.1, -0.05) is 29.3 Å². The first-order valence-corrected chi connectivity index (χ1v) is 5.76. The largest absolute Gasteiger partial charge is 0.329 e. The SMILES string of the molecule is C#CCCNC(CN)c1ccc(Cl)cc1Cl. The van der Waals surface area contributed by atoms with Crippen LogP contribution in [0.15, 0.2) is 18.2 Å². The van der Waals surface area contributed by atoms with Crippen molar-refractivity contribution in [3.05, 3.63) is 33.8 Å². The van der Waals surface area contributed by atoms with Crippen molar-refractivity contribution in [2.75, 3.05) is 13.1 Å². The summed E-state index contributed by atoms with van der Waals surface area (Å²) in [6.45, 7) is 1.18. The van der Waals surface area contributed by atoms with Gasteiger partial charge in [0.05, 0.1) is 0 Å². The highest BCUT2D eigenvalue weighted by Crippen LogP contribution is 2.25. The average Bonchev–Trinajstić information content (AvgIpc) is 2.26. The van der Waals surface area contributed by atoms with E-state index in [4.69, 9.17) is 35.4 Å². The zero-order valence-corrected chi connectivity index (χ0v) is 10.4. The molecule has 0 radical (unpaired) electrons. The van der Waals surface area contributed by atoms with Gasteiger partial charge < -0.3 is 11.1 Å². The maximum absolute atomic E-state index is 6.10. The summed E-state index contributed by atoms with van der Waals surface area (Å²) in [5.74, 6) is 2.56. The second kappa shape index (κ2) is 6.78. The molecule has 0 saturated carbocycles. The summed E-state index contributed by atoms with van der Waals surface area (Å²) < 4.78 is 0. The molecular formula is C12H14Cl2N2. The monoisotopic (exact) mass is 256 g/mol. The van der Waals surface area contributed by atoms with Crippen molar-refractivity contribution in [1.29, 1.82) is 0 Å². The quantitative estimate of drug-likeness (QED) is 0.628. The van der Waals surface area contributed by atoms with Gasteiger partial charge >= 0.3 is 0 Å². The maximum atomic E-state index is 6.10. The minimum absolute atomic E-state index is 0.0121. The molecule has 16 heavy (non-hydrogen) atoms. The van der Waals surface area contributed by atoms with Crippen LogP contribution in [-0.4, -0.2) is 13.1 Å². The lowest BCUT2D eigenvalue weighted by Crippen LogP contribution is -2.29. The Labute approximate surface area is 106 Å². The van der Waals surface area contributed by atoms with Crippen LogP contribution in [0.5, 0.6) is 0 Å². The molecule has 0 fully saturated rings. The van der Waals surface area contributed by atoms with E-state index in [1.54, 1.807) is 12.1 Å². The Morgan fingerprint density at radius 2 is 2.19 bits per heavy atom. The second-order valence-corrected chi connectivity index (χ2v) is 4.21. The highest BCUT2D eigenvalue weighted by Gasteiger charge is 2.12. The Morgan fingerprint density at radius 3 is 2.75 bits per heavy atom. The van der Waals surface area contributed by atoms with Crippen molar-refractivity contribution in [3.63, 3.8) is 0 Å². The van der Waals surface area contributed by atoms with Crippen LogP contribution >= 0.6 is 23.2 Å². The lowest BCUT2D eigenvalue weighted by Gasteiger charge is -2.18. The molecule has 86 valence electrons. The fourth-order valence-corrected chi connectivity index (χ4v) is 1.96. The molecule has 0 aliphatic heterocycles. The van der Waals surface area contributed by atoms with E-state index in [0.717, 1.165) is 12.1 Å². The summed E-state index contributed by atoms with van der Waals surface area (Å²) in [4.78, 5) is 0. The van der Waals surface area contributed by atoms with E-state index in [-0.39, 0.29) is 6.04 Å². The topological polar surface area (TPSA) is 38.0 Å². The Bertz CT molecular complexity index is 385. The summed E-state index contributed by atoms with van der Waals surface area (Å²) >= 11 is 11.9. The van der Waals surface area contributed by atoms with Crippen molar-refractivity contribution in [2.45, 2.75) is 12.5 Å². The van der Waals surface area contributed by atoms with Crippen LogP contribution in [0.3, 0.4) is 0 Å². The fraction of sp³-hybridized carbons (Fsp3) is 0.333. The second-order valence-electron chi connectivity index (χ2n) is 3.36. The number of rotatable bonds is 5. The van der Waals surface area contributed by atoms with Gasteiger partial charge in [0.1, 0.15) is 0 Å². The third kappa shape index (κ3) is 3.70. The number of hydrogen-bond acceptors (Lipinski definition) is 2. The zero-order valence-electron chi connectivity index (χ0n) is 8.84. The van der Waals surface area contributed by atoms with Crippen molar-refractivity contribution in [2.24, 2.45) is 5.73 Å². The van der Waals surface area contributed by atoms with Crippen LogP contribution in [0.4, 0.5) is 0 Å². The van der Waals surface area contributed by atoms with E-state index in [1.807, 2.05) is 6.07 Å². The molecule has 0 aliphatic carbocycles. The number of hydrogen-bond donors (Lipinski definition) is 2. The number of benzene rings is 1. The van der Waals surface area contributed by atoms with E-state index >= 15 is 0 Å². The first-order valence-electron chi connectivity index (χ1n) is 5.01. The highest BCUT2D eigenvalue weighted by molar-refractivity contribution is 6.35. The smallest absolute Gasteiger partial charge is 0.0469 e. The fourth-order valence-electron chi connectivity index (χ4n) is 1.42. The highest BCUT2D eigenvalue weighted by atomic mass is 35.5. The predicted octanol–water partition coefficient (Wildman–Crippen LogP) is 2.61. The van der Waals surface area contributed by atoms with Crippen molar-refractivity contribution >= 4 is 23.2 Å². The molecule has 0 bridgehead atoms. The van der Waals surface area contributed by atoms with Gasteiger partial charge in [0.15, 0.2) is 0 Å². The first kappa shape index (κ1) is 13.3. The standard InChI is InChI=1S/C12H14Cl2N2/c1-2-3-6-16-12(8-15)10-5-4-9(13)7-11(10)14/h1,4-5,7,12,16H,3,6,8,15H2. The predicted molar refractivity (Wildman–Crippen MR) is 69.7 cm³/mol. The summed E-state index contributed by atoms with van der Waals surface area (Å²) in [6.07, 6.45) is 5.85. The van der Waals surface area contributed by atoms with Crippen LogP contribution in [-0.2, 0) is 0 Å². The van der Waals surface area contributed by atoms with Crippen LogP contribution in [0.1, 0.15) is 18.0 Å². The molecule has 0 heterocycles. The Hall–Kier alpha value is -0.720. The third-order valence-corrected chi connectivity index (χ3v) is 2.80. The summed E-state index contributed by atoms with van der Waals surface area (Å²) in [5, 5.41) is 4.49. The normalized spacial score (nSPS) is 12.1. The van der Waals surface area contributed by atoms with Crippen molar-refractivity contribution in [1.82, 2.24) is 5.32 Å². The molecule has 4 heteroatoms. The lowest BCUT2D eigenvalue weighted by atomic mass is 10.1. The van der Waals surface area contributed by atoms with E-state index in [2.05, 4.69) is 11.2 Å². The molecule has 0 aliphatic rings. The Balaban J connectivity index is 2.75. The van der Waals surface area contributed by atoms with Crippen LogP contribution < -0.4 is 11.1 Å². The molecule has 1 atom stereocenters. The van der Waals surface area contributed by atoms with Crippen LogP contribution in [0, 0.1) is 12.3 Å². The molecule has 1 rings (SSSR count). The van der Waals surface area contributed by atoms with Gasteiger partial charge in [-0.05, 0) is 17.7 Å². The average molecular weight is 257 g/mol. The molecule has 0 aromatic heterocycles. The van der Waals surface area contributed by atoms with Gasteiger partial charge in [-0.25, -0.2) is 0 Å². The van der Waals surface area contributed by atoms with E-state index in [9.17, 15) is 0 Å². The van der Waals surface area contributed by atoms with Gasteiger partial charge in [-0.2, -0.15) is 0 Å².